The molecule has 0 aliphatic carbocycles. The van der Waals surface area contributed by atoms with Gasteiger partial charge in [0.15, 0.2) is 0 Å². The highest BCUT2D eigenvalue weighted by Crippen LogP contribution is 2.33. The molecular formula is C14H18NO4P. The first-order chi connectivity index (χ1) is 9.47. The first kappa shape index (κ1) is 16.4. The number of ether oxygens (including phenoxy) is 1. The van der Waals surface area contributed by atoms with E-state index in [0.29, 0.717) is 12.3 Å². The van der Waals surface area contributed by atoms with Crippen LogP contribution in [0.4, 0.5) is 0 Å². The molecule has 5 nitrogen and oxygen atoms in total. The topological polar surface area (TPSA) is 92.8 Å². The molecule has 0 saturated heterocycles. The third-order valence-corrected chi connectivity index (χ3v) is 3.46. The molecule has 0 aliphatic rings. The monoisotopic (exact) mass is 295 g/mol. The molecule has 6 heteroatoms. The Morgan fingerprint density at radius 2 is 1.60 bits per heavy atom. The molecule has 20 heavy (non-hydrogen) atoms. The van der Waals surface area contributed by atoms with Crippen LogP contribution in [0.1, 0.15) is 5.56 Å². The lowest BCUT2D eigenvalue weighted by Crippen LogP contribution is -2.02. The van der Waals surface area contributed by atoms with Crippen LogP contribution >= 0.6 is 7.60 Å². The summed E-state index contributed by atoms with van der Waals surface area (Å²) in [6, 6.07) is 15.7. The van der Waals surface area contributed by atoms with Gasteiger partial charge in [-0.3, -0.25) is 4.57 Å². The minimum absolute atomic E-state index is 0.00306. The van der Waals surface area contributed by atoms with E-state index in [1.807, 2.05) is 30.3 Å². The van der Waals surface area contributed by atoms with Crippen molar-refractivity contribution in [2.75, 3.05) is 7.11 Å². The van der Waals surface area contributed by atoms with Crippen molar-refractivity contribution < 1.29 is 19.1 Å². The molecule has 0 heterocycles. The molecule has 0 amide bonds. The van der Waals surface area contributed by atoms with Gasteiger partial charge in [-0.05, 0) is 29.8 Å². The summed E-state index contributed by atoms with van der Waals surface area (Å²) in [6.07, 6.45) is 0. The maximum Gasteiger partial charge on any atom is 0.356 e. The zero-order valence-corrected chi connectivity index (χ0v) is 12.0. The molecule has 2 rings (SSSR count). The molecule has 0 saturated carbocycles. The lowest BCUT2D eigenvalue weighted by molar-refractivity contribution is 0.387. The fourth-order valence-corrected chi connectivity index (χ4v) is 1.93. The fraction of sp³-hybridized carbons (Fsp3) is 0.143. The number of benzene rings is 2. The first-order valence-electron chi connectivity index (χ1n) is 5.91. The summed E-state index contributed by atoms with van der Waals surface area (Å²) < 4.78 is 15.5. The molecule has 0 bridgehead atoms. The van der Waals surface area contributed by atoms with Crippen LogP contribution in [0.5, 0.6) is 5.75 Å². The van der Waals surface area contributed by atoms with Crippen LogP contribution in [-0.2, 0) is 11.1 Å². The van der Waals surface area contributed by atoms with Gasteiger partial charge in [-0.2, -0.15) is 0 Å². The molecular weight excluding hydrogens is 277 g/mol. The minimum Gasteiger partial charge on any atom is -0.497 e. The zero-order chi connectivity index (χ0) is 15.0. The van der Waals surface area contributed by atoms with Crippen LogP contribution in [0, 0.1) is 0 Å². The van der Waals surface area contributed by atoms with Crippen LogP contribution in [0.2, 0.25) is 0 Å². The summed E-state index contributed by atoms with van der Waals surface area (Å²) >= 11 is 0. The van der Waals surface area contributed by atoms with E-state index in [1.165, 1.54) is 36.9 Å². The Morgan fingerprint density at radius 3 is 1.95 bits per heavy atom. The number of hydrogen-bond acceptors (Lipinski definition) is 3. The van der Waals surface area contributed by atoms with Gasteiger partial charge in [-0.1, -0.05) is 30.3 Å². The van der Waals surface area contributed by atoms with Crippen molar-refractivity contribution in [1.82, 2.24) is 0 Å². The second-order valence-electron chi connectivity index (χ2n) is 3.93. The molecule has 0 atom stereocenters. The molecule has 0 aromatic heterocycles. The number of rotatable bonds is 3. The smallest absolute Gasteiger partial charge is 0.356 e. The number of nitrogens with two attached hydrogens (primary N) is 1. The molecule has 0 spiro atoms. The largest absolute Gasteiger partial charge is 0.497 e. The van der Waals surface area contributed by atoms with E-state index in [9.17, 15) is 4.57 Å². The first-order valence-corrected chi connectivity index (χ1v) is 7.52. The van der Waals surface area contributed by atoms with E-state index in [1.54, 1.807) is 0 Å². The van der Waals surface area contributed by atoms with Crippen molar-refractivity contribution >= 4 is 12.9 Å². The Balaban J connectivity index is 0.000000217. The van der Waals surface area contributed by atoms with E-state index < -0.39 is 7.60 Å². The van der Waals surface area contributed by atoms with Gasteiger partial charge in [0.25, 0.3) is 0 Å². The quantitative estimate of drug-likeness (QED) is 0.749. The highest BCUT2D eigenvalue weighted by atomic mass is 31.2. The van der Waals surface area contributed by atoms with Crippen LogP contribution in [0.25, 0.3) is 0 Å². The number of hydrogen-bond donors (Lipinski definition) is 3. The lowest BCUT2D eigenvalue weighted by Gasteiger charge is -2.04. The standard InChI is InChI=1S/C7H9N.C7H9O4P/c8-6-7-4-2-1-3-5-7;1-11-6-2-4-7(5-3-6)12(8,9)10/h1-5H,6,8H2;2-5H,1H3,(H2,8,9,10). The van der Waals surface area contributed by atoms with Gasteiger partial charge < -0.3 is 20.3 Å². The van der Waals surface area contributed by atoms with E-state index in [2.05, 4.69) is 0 Å². The van der Waals surface area contributed by atoms with Gasteiger partial charge in [0.2, 0.25) is 0 Å². The second kappa shape index (κ2) is 7.82. The van der Waals surface area contributed by atoms with Crippen molar-refractivity contribution in [3.05, 3.63) is 60.2 Å². The van der Waals surface area contributed by atoms with Gasteiger partial charge in [0.1, 0.15) is 5.75 Å². The van der Waals surface area contributed by atoms with Crippen molar-refractivity contribution in [1.29, 1.82) is 0 Å². The SMILES string of the molecule is COc1ccc(P(=O)(O)O)cc1.NCc1ccccc1. The summed E-state index contributed by atoms with van der Waals surface area (Å²) in [7, 11) is -2.61. The van der Waals surface area contributed by atoms with Crippen LogP contribution < -0.4 is 15.8 Å². The normalized spacial score (nSPS) is 10.4. The predicted octanol–water partition coefficient (Wildman–Crippen LogP) is 1.64. The zero-order valence-electron chi connectivity index (χ0n) is 11.1. The minimum atomic E-state index is -4.10. The van der Waals surface area contributed by atoms with Crippen LogP contribution in [0.3, 0.4) is 0 Å². The maximum atomic E-state index is 10.7. The fourth-order valence-electron chi connectivity index (χ4n) is 1.39. The van der Waals surface area contributed by atoms with E-state index >= 15 is 0 Å². The van der Waals surface area contributed by atoms with Crippen LogP contribution in [-0.4, -0.2) is 16.9 Å². The Labute approximate surface area is 118 Å². The van der Waals surface area contributed by atoms with Gasteiger partial charge in [0.05, 0.1) is 12.4 Å². The molecule has 2 aromatic carbocycles. The Morgan fingerprint density at radius 1 is 1.05 bits per heavy atom. The summed E-state index contributed by atoms with van der Waals surface area (Å²) in [5, 5.41) is 0.00306. The highest BCUT2D eigenvalue weighted by Gasteiger charge is 2.15. The molecule has 0 radical (unpaired) electrons. The summed E-state index contributed by atoms with van der Waals surface area (Å²) in [5.74, 6) is 0.576. The maximum absolute atomic E-state index is 10.7. The Hall–Kier alpha value is -1.65. The lowest BCUT2D eigenvalue weighted by atomic mass is 10.2. The van der Waals surface area contributed by atoms with Crippen molar-refractivity contribution in [3.8, 4) is 5.75 Å². The highest BCUT2D eigenvalue weighted by molar-refractivity contribution is 7.60. The van der Waals surface area contributed by atoms with Crippen molar-refractivity contribution in [2.24, 2.45) is 5.73 Å². The van der Waals surface area contributed by atoms with Gasteiger partial charge in [-0.15, -0.1) is 0 Å². The van der Waals surface area contributed by atoms with E-state index in [0.717, 1.165) is 0 Å². The molecule has 108 valence electrons. The molecule has 2 aromatic rings. The van der Waals surface area contributed by atoms with Gasteiger partial charge >= 0.3 is 7.60 Å². The van der Waals surface area contributed by atoms with Crippen molar-refractivity contribution in [3.63, 3.8) is 0 Å². The summed E-state index contributed by atoms with van der Waals surface area (Å²) in [5.41, 5.74) is 6.54. The third kappa shape index (κ3) is 5.55. The second-order valence-corrected chi connectivity index (χ2v) is 5.54. The molecule has 4 N–H and O–H groups in total. The number of methoxy groups -OCH3 is 1. The summed E-state index contributed by atoms with van der Waals surface area (Å²) in [6.45, 7) is 0.640. The van der Waals surface area contributed by atoms with E-state index in [-0.39, 0.29) is 5.30 Å². The Kier molecular flexibility index (Phi) is 6.42. The average molecular weight is 295 g/mol. The molecule has 0 aliphatic heterocycles. The molecule has 0 fully saturated rings. The third-order valence-electron chi connectivity index (χ3n) is 2.49. The van der Waals surface area contributed by atoms with Crippen LogP contribution in [0.15, 0.2) is 54.6 Å². The van der Waals surface area contributed by atoms with Gasteiger partial charge in [0, 0.05) is 6.54 Å². The van der Waals surface area contributed by atoms with Crippen molar-refractivity contribution in [2.45, 2.75) is 6.54 Å². The predicted molar refractivity (Wildman–Crippen MR) is 79.0 cm³/mol. The average Bonchev–Trinajstić information content (AvgIpc) is 2.48. The molecule has 0 unspecified atom stereocenters. The Bertz CT molecular complexity index is 551. The summed E-state index contributed by atoms with van der Waals surface area (Å²) in [4.78, 5) is 17.4. The van der Waals surface area contributed by atoms with E-state index in [4.69, 9.17) is 20.3 Å². The van der Waals surface area contributed by atoms with Gasteiger partial charge in [-0.25, -0.2) is 0 Å².